The number of aliphatic imine (C=N–C) groups is 1. The molecule has 0 bridgehead atoms. The molecule has 7 nitrogen and oxygen atoms in total. The van der Waals surface area contributed by atoms with Crippen molar-refractivity contribution >= 4 is 29.9 Å². The summed E-state index contributed by atoms with van der Waals surface area (Å²) in [5.74, 6) is 1.46. The molecule has 1 aromatic rings. The van der Waals surface area contributed by atoms with Gasteiger partial charge in [0, 0.05) is 26.8 Å². The highest BCUT2D eigenvalue weighted by molar-refractivity contribution is 14.0. The average Bonchev–Trinajstić information content (AvgIpc) is 2.67. The van der Waals surface area contributed by atoms with Gasteiger partial charge in [0.1, 0.15) is 5.75 Å². The molecular formula is C21H38IN3O4. The van der Waals surface area contributed by atoms with Crippen LogP contribution in [-0.2, 0) is 9.47 Å². The molecule has 0 radical (unpaired) electrons. The molecule has 0 heterocycles. The van der Waals surface area contributed by atoms with E-state index in [2.05, 4.69) is 15.6 Å². The number of nitrogens with one attached hydrogen (secondary N) is 2. The lowest BCUT2D eigenvalue weighted by atomic mass is 10.1. The van der Waals surface area contributed by atoms with Gasteiger partial charge in [0.15, 0.2) is 5.96 Å². The fourth-order valence-electron chi connectivity index (χ4n) is 2.47. The number of aliphatic hydroxyl groups excluding tert-OH is 1. The van der Waals surface area contributed by atoms with Gasteiger partial charge in [0.25, 0.3) is 0 Å². The van der Waals surface area contributed by atoms with Gasteiger partial charge >= 0.3 is 0 Å². The Morgan fingerprint density at radius 2 is 1.93 bits per heavy atom. The molecule has 1 rings (SSSR count). The molecule has 0 amide bonds. The summed E-state index contributed by atoms with van der Waals surface area (Å²) in [6.45, 7) is 9.81. The Morgan fingerprint density at radius 1 is 1.14 bits per heavy atom. The lowest BCUT2D eigenvalue weighted by Crippen LogP contribution is -2.38. The molecule has 0 aliphatic carbocycles. The molecule has 168 valence electrons. The van der Waals surface area contributed by atoms with Crippen molar-refractivity contribution in [2.75, 3.05) is 46.6 Å². The van der Waals surface area contributed by atoms with Crippen LogP contribution in [-0.4, -0.2) is 63.7 Å². The predicted molar refractivity (Wildman–Crippen MR) is 128 cm³/mol. The van der Waals surface area contributed by atoms with Gasteiger partial charge in [-0.15, -0.1) is 24.0 Å². The maximum atomic E-state index is 10.5. The molecule has 0 saturated heterocycles. The fraction of sp³-hybridized carbons (Fsp3) is 0.667. The van der Waals surface area contributed by atoms with E-state index in [1.54, 1.807) is 7.11 Å². The number of nitrogens with zero attached hydrogens (tertiary/aromatic N) is 1. The van der Waals surface area contributed by atoms with Gasteiger partial charge < -0.3 is 30.0 Å². The molecule has 0 aromatic heterocycles. The van der Waals surface area contributed by atoms with Gasteiger partial charge in [0.05, 0.1) is 32.0 Å². The van der Waals surface area contributed by atoms with Crippen molar-refractivity contribution < 1.29 is 19.3 Å². The van der Waals surface area contributed by atoms with Crippen molar-refractivity contribution in [1.82, 2.24) is 10.6 Å². The van der Waals surface area contributed by atoms with Crippen LogP contribution >= 0.6 is 24.0 Å². The molecule has 0 fully saturated rings. The quantitative estimate of drug-likeness (QED) is 0.151. The lowest BCUT2D eigenvalue weighted by Gasteiger charge is -2.15. The van der Waals surface area contributed by atoms with E-state index >= 15 is 0 Å². The van der Waals surface area contributed by atoms with E-state index in [1.165, 1.54) is 0 Å². The van der Waals surface area contributed by atoms with Gasteiger partial charge in [-0.1, -0.05) is 12.1 Å². The summed E-state index contributed by atoms with van der Waals surface area (Å²) in [7, 11) is 1.67. The van der Waals surface area contributed by atoms with Crippen LogP contribution in [0.1, 0.15) is 45.3 Å². The second kappa shape index (κ2) is 17.7. The predicted octanol–water partition coefficient (Wildman–Crippen LogP) is 3.12. The van der Waals surface area contributed by atoms with Gasteiger partial charge in [-0.3, -0.25) is 4.99 Å². The Balaban J connectivity index is 0.00000784. The SMILES string of the molecule is CCNC(=NCC(O)c1cccc(OC(C)C)c1)NCCCCOCCOC.I. The lowest BCUT2D eigenvalue weighted by molar-refractivity contribution is 0.0689. The highest BCUT2D eigenvalue weighted by Gasteiger charge is 2.09. The second-order valence-corrected chi connectivity index (χ2v) is 6.71. The van der Waals surface area contributed by atoms with Crippen molar-refractivity contribution in [3.63, 3.8) is 0 Å². The van der Waals surface area contributed by atoms with Gasteiger partial charge in [-0.25, -0.2) is 0 Å². The van der Waals surface area contributed by atoms with E-state index in [-0.39, 0.29) is 36.6 Å². The Morgan fingerprint density at radius 3 is 2.62 bits per heavy atom. The number of guanidine groups is 1. The summed E-state index contributed by atoms with van der Waals surface area (Å²) in [6.07, 6.45) is 1.37. The molecule has 8 heteroatoms. The maximum Gasteiger partial charge on any atom is 0.191 e. The highest BCUT2D eigenvalue weighted by Crippen LogP contribution is 2.20. The van der Waals surface area contributed by atoms with Crippen LogP contribution in [0.5, 0.6) is 5.75 Å². The number of unbranched alkanes of at least 4 members (excludes halogenated alkanes) is 1. The first-order valence-corrected chi connectivity index (χ1v) is 10.1. The van der Waals surface area contributed by atoms with Crippen LogP contribution < -0.4 is 15.4 Å². The van der Waals surface area contributed by atoms with Crippen molar-refractivity contribution in [1.29, 1.82) is 0 Å². The monoisotopic (exact) mass is 523 g/mol. The van der Waals surface area contributed by atoms with Crippen LogP contribution in [0.15, 0.2) is 29.3 Å². The Labute approximate surface area is 192 Å². The van der Waals surface area contributed by atoms with E-state index in [1.807, 2.05) is 45.0 Å². The third kappa shape index (κ3) is 13.7. The number of rotatable bonds is 14. The molecule has 29 heavy (non-hydrogen) atoms. The number of hydrogen-bond acceptors (Lipinski definition) is 5. The van der Waals surface area contributed by atoms with Crippen molar-refractivity contribution in [3.05, 3.63) is 29.8 Å². The zero-order chi connectivity index (χ0) is 20.6. The molecule has 0 saturated carbocycles. The topological polar surface area (TPSA) is 84.3 Å². The first-order valence-electron chi connectivity index (χ1n) is 10.1. The summed E-state index contributed by atoms with van der Waals surface area (Å²) < 4.78 is 16.1. The molecule has 1 unspecified atom stereocenters. The molecule has 3 N–H and O–H groups in total. The minimum Gasteiger partial charge on any atom is -0.491 e. The van der Waals surface area contributed by atoms with E-state index in [9.17, 15) is 5.11 Å². The van der Waals surface area contributed by atoms with E-state index in [4.69, 9.17) is 14.2 Å². The van der Waals surface area contributed by atoms with Crippen LogP contribution in [0.3, 0.4) is 0 Å². The molecule has 0 aliphatic rings. The Hall–Kier alpha value is -1.10. The third-order valence-electron chi connectivity index (χ3n) is 3.82. The molecule has 1 atom stereocenters. The minimum atomic E-state index is -0.680. The van der Waals surface area contributed by atoms with Gasteiger partial charge in [-0.05, 0) is 51.3 Å². The fourth-order valence-corrected chi connectivity index (χ4v) is 2.47. The van der Waals surface area contributed by atoms with Crippen molar-refractivity contribution in [2.24, 2.45) is 4.99 Å². The number of hydrogen-bond donors (Lipinski definition) is 3. The van der Waals surface area contributed by atoms with E-state index in [0.29, 0.717) is 19.2 Å². The van der Waals surface area contributed by atoms with Crippen LogP contribution in [0.2, 0.25) is 0 Å². The zero-order valence-corrected chi connectivity index (χ0v) is 20.5. The summed E-state index contributed by atoms with van der Waals surface area (Å²) in [4.78, 5) is 4.49. The standard InChI is InChI=1S/C21H37N3O4.HI/c1-5-22-21(23-11-6-7-12-27-14-13-26-4)24-16-20(25)18-9-8-10-19(15-18)28-17(2)3;/h8-10,15,17,20,25H,5-7,11-14,16H2,1-4H3,(H2,22,23,24);1H. The third-order valence-corrected chi connectivity index (χ3v) is 3.82. The molecule has 1 aromatic carbocycles. The number of benzene rings is 1. The summed E-state index contributed by atoms with van der Waals surface area (Å²) >= 11 is 0. The number of aliphatic hydroxyl groups is 1. The van der Waals surface area contributed by atoms with Crippen LogP contribution in [0.25, 0.3) is 0 Å². The highest BCUT2D eigenvalue weighted by atomic mass is 127. The number of ether oxygens (including phenoxy) is 3. The van der Waals surface area contributed by atoms with Gasteiger partial charge in [0.2, 0.25) is 0 Å². The first kappa shape index (κ1) is 27.9. The molecule has 0 spiro atoms. The smallest absolute Gasteiger partial charge is 0.191 e. The molecular weight excluding hydrogens is 485 g/mol. The number of halogens is 1. The average molecular weight is 523 g/mol. The largest absolute Gasteiger partial charge is 0.491 e. The maximum absolute atomic E-state index is 10.5. The molecule has 0 aliphatic heterocycles. The summed E-state index contributed by atoms with van der Waals surface area (Å²) in [5.41, 5.74) is 0.797. The van der Waals surface area contributed by atoms with Crippen LogP contribution in [0, 0.1) is 0 Å². The Kier molecular flexibility index (Phi) is 17.1. The van der Waals surface area contributed by atoms with Crippen LogP contribution in [0.4, 0.5) is 0 Å². The van der Waals surface area contributed by atoms with Gasteiger partial charge in [-0.2, -0.15) is 0 Å². The summed E-state index contributed by atoms with van der Waals surface area (Å²) in [6, 6.07) is 7.53. The summed E-state index contributed by atoms with van der Waals surface area (Å²) in [5, 5.41) is 17.0. The number of methoxy groups -OCH3 is 1. The van der Waals surface area contributed by atoms with E-state index < -0.39 is 6.10 Å². The minimum absolute atomic E-state index is 0. The zero-order valence-electron chi connectivity index (χ0n) is 18.1. The Bertz CT molecular complexity index is 558. The normalized spacial score (nSPS) is 12.4. The first-order chi connectivity index (χ1) is 13.6. The van der Waals surface area contributed by atoms with Crippen molar-refractivity contribution in [2.45, 2.75) is 45.8 Å². The van der Waals surface area contributed by atoms with E-state index in [0.717, 1.165) is 43.9 Å². The second-order valence-electron chi connectivity index (χ2n) is 6.71. The van der Waals surface area contributed by atoms with Crippen molar-refractivity contribution in [3.8, 4) is 5.75 Å².